The van der Waals surface area contributed by atoms with Gasteiger partial charge in [-0.2, -0.15) is 5.10 Å². The predicted octanol–water partition coefficient (Wildman–Crippen LogP) is 2.83. The molecule has 1 aliphatic rings. The molecule has 9 nitrogen and oxygen atoms in total. The molecule has 2 amide bonds. The molecule has 4 rings (SSSR count). The first kappa shape index (κ1) is 21.1. The zero-order chi connectivity index (χ0) is 22.5. The fourth-order valence-corrected chi connectivity index (χ4v) is 3.27. The van der Waals surface area contributed by atoms with Crippen LogP contribution >= 0.6 is 0 Å². The average molecular weight is 435 g/mol. The molecule has 0 saturated heterocycles. The minimum Gasteiger partial charge on any atom is -0.467 e. The van der Waals surface area contributed by atoms with E-state index < -0.39 is 37.0 Å². The van der Waals surface area contributed by atoms with Crippen molar-refractivity contribution in [2.45, 2.75) is 19.4 Å². The predicted molar refractivity (Wildman–Crippen MR) is 113 cm³/mol. The van der Waals surface area contributed by atoms with Crippen LogP contribution in [0.25, 0.3) is 0 Å². The molecule has 1 unspecified atom stereocenters. The van der Waals surface area contributed by atoms with E-state index in [0.29, 0.717) is 12.2 Å². The van der Waals surface area contributed by atoms with Gasteiger partial charge in [0.15, 0.2) is 12.4 Å². The summed E-state index contributed by atoms with van der Waals surface area (Å²) in [5.41, 5.74) is 2.76. The molecule has 164 valence electrons. The maximum absolute atomic E-state index is 12.8. The summed E-state index contributed by atoms with van der Waals surface area (Å²) in [7, 11) is 0. The summed E-state index contributed by atoms with van der Waals surface area (Å²) in [6.07, 6.45) is 3.35. The number of furan rings is 2. The number of rotatable bonds is 7. The Bertz CT molecular complexity index is 1120. The Labute approximate surface area is 183 Å². The van der Waals surface area contributed by atoms with Crippen LogP contribution in [0.1, 0.15) is 39.9 Å². The van der Waals surface area contributed by atoms with E-state index in [9.17, 15) is 14.4 Å². The molecule has 1 aliphatic heterocycles. The lowest BCUT2D eigenvalue weighted by atomic mass is 10.0. The zero-order valence-corrected chi connectivity index (χ0v) is 17.3. The van der Waals surface area contributed by atoms with Gasteiger partial charge in [0.1, 0.15) is 18.3 Å². The molecule has 0 radical (unpaired) electrons. The van der Waals surface area contributed by atoms with Crippen LogP contribution in [0.2, 0.25) is 0 Å². The highest BCUT2D eigenvalue weighted by molar-refractivity contribution is 6.03. The van der Waals surface area contributed by atoms with Crippen molar-refractivity contribution in [1.29, 1.82) is 0 Å². The summed E-state index contributed by atoms with van der Waals surface area (Å²) in [5, 5.41) is 8.13. The van der Waals surface area contributed by atoms with Gasteiger partial charge in [-0.15, -0.1) is 0 Å². The highest BCUT2D eigenvalue weighted by Crippen LogP contribution is 2.33. The number of benzene rings is 1. The Morgan fingerprint density at radius 1 is 1.09 bits per heavy atom. The maximum atomic E-state index is 12.8. The van der Waals surface area contributed by atoms with E-state index in [1.807, 2.05) is 31.2 Å². The SMILES string of the molecule is Cc1ccc(C2=NN(C(=O)COC(=O)CNC(=O)c3ccco3)C(c3ccco3)C2)cc1. The van der Waals surface area contributed by atoms with Crippen LogP contribution in [0.5, 0.6) is 0 Å². The molecule has 32 heavy (non-hydrogen) atoms. The Hall–Kier alpha value is -4.14. The summed E-state index contributed by atoms with van der Waals surface area (Å²) in [6.45, 7) is 1.08. The van der Waals surface area contributed by atoms with E-state index in [1.165, 1.54) is 23.6 Å². The van der Waals surface area contributed by atoms with E-state index >= 15 is 0 Å². The second-order valence-corrected chi connectivity index (χ2v) is 7.21. The van der Waals surface area contributed by atoms with Gasteiger partial charge in [-0.25, -0.2) is 5.01 Å². The van der Waals surface area contributed by atoms with Crippen molar-refractivity contribution in [2.75, 3.05) is 13.2 Å². The number of nitrogens with zero attached hydrogens (tertiary/aromatic N) is 2. The fraction of sp³-hybridized carbons (Fsp3) is 0.217. The average Bonchev–Trinajstić information content (AvgIpc) is 3.56. The third-order valence-electron chi connectivity index (χ3n) is 4.92. The molecule has 1 atom stereocenters. The van der Waals surface area contributed by atoms with Gasteiger partial charge in [0.2, 0.25) is 0 Å². The maximum Gasteiger partial charge on any atom is 0.325 e. The van der Waals surface area contributed by atoms with Crippen molar-refractivity contribution in [3.05, 3.63) is 83.7 Å². The van der Waals surface area contributed by atoms with Gasteiger partial charge in [-0.05, 0) is 36.8 Å². The van der Waals surface area contributed by atoms with Crippen molar-refractivity contribution >= 4 is 23.5 Å². The number of ether oxygens (including phenoxy) is 1. The standard InChI is InChI=1S/C23H21N3O6/c1-15-6-8-16(9-7-15)17-12-18(19-4-2-10-30-19)26(25-17)21(27)14-32-22(28)13-24-23(29)20-5-3-11-31-20/h2-11,18H,12-14H2,1H3,(H,24,29). The van der Waals surface area contributed by atoms with Crippen molar-refractivity contribution in [1.82, 2.24) is 10.3 Å². The van der Waals surface area contributed by atoms with E-state index in [-0.39, 0.29) is 5.76 Å². The number of carbonyl (C=O) groups excluding carboxylic acids is 3. The molecule has 2 aromatic heterocycles. The van der Waals surface area contributed by atoms with Crippen LogP contribution in [0.4, 0.5) is 0 Å². The highest BCUT2D eigenvalue weighted by Gasteiger charge is 2.35. The molecule has 0 aliphatic carbocycles. The Morgan fingerprint density at radius 2 is 1.84 bits per heavy atom. The van der Waals surface area contributed by atoms with Crippen molar-refractivity contribution in [3.8, 4) is 0 Å². The Morgan fingerprint density at radius 3 is 2.53 bits per heavy atom. The summed E-state index contributed by atoms with van der Waals surface area (Å²) in [5.74, 6) is -1.15. The van der Waals surface area contributed by atoms with E-state index in [4.69, 9.17) is 13.6 Å². The van der Waals surface area contributed by atoms with Gasteiger partial charge in [0, 0.05) is 6.42 Å². The quantitative estimate of drug-likeness (QED) is 0.571. The van der Waals surface area contributed by atoms with Crippen LogP contribution in [0.15, 0.2) is 75.0 Å². The molecule has 1 N–H and O–H groups in total. The van der Waals surface area contributed by atoms with E-state index in [1.54, 1.807) is 18.2 Å². The van der Waals surface area contributed by atoms with Crippen LogP contribution < -0.4 is 5.32 Å². The van der Waals surface area contributed by atoms with Gasteiger partial charge in [-0.3, -0.25) is 14.4 Å². The van der Waals surface area contributed by atoms with E-state index in [0.717, 1.165) is 16.8 Å². The summed E-state index contributed by atoms with van der Waals surface area (Å²) < 4.78 is 15.5. The molecule has 0 spiro atoms. The molecular weight excluding hydrogens is 414 g/mol. The van der Waals surface area contributed by atoms with Gasteiger partial charge in [0.05, 0.1) is 18.2 Å². The second kappa shape index (κ2) is 9.34. The molecule has 0 bridgehead atoms. The van der Waals surface area contributed by atoms with Crippen molar-refractivity contribution < 1.29 is 28.0 Å². The number of amides is 2. The topological polar surface area (TPSA) is 114 Å². The normalized spacial score (nSPS) is 15.3. The zero-order valence-electron chi connectivity index (χ0n) is 17.3. The lowest BCUT2D eigenvalue weighted by Gasteiger charge is -2.19. The number of hydrazone groups is 1. The fourth-order valence-electron chi connectivity index (χ4n) is 3.27. The summed E-state index contributed by atoms with van der Waals surface area (Å²) in [4.78, 5) is 36.6. The van der Waals surface area contributed by atoms with Gasteiger partial charge in [-0.1, -0.05) is 29.8 Å². The van der Waals surface area contributed by atoms with Crippen LogP contribution in [-0.4, -0.2) is 41.7 Å². The lowest BCUT2D eigenvalue weighted by Crippen LogP contribution is -2.34. The first-order valence-corrected chi connectivity index (χ1v) is 9.98. The molecular formula is C23H21N3O6. The van der Waals surface area contributed by atoms with Gasteiger partial charge >= 0.3 is 5.97 Å². The third-order valence-corrected chi connectivity index (χ3v) is 4.92. The highest BCUT2D eigenvalue weighted by atomic mass is 16.5. The number of hydrogen-bond acceptors (Lipinski definition) is 7. The first-order chi connectivity index (χ1) is 15.5. The van der Waals surface area contributed by atoms with Crippen molar-refractivity contribution in [2.24, 2.45) is 5.10 Å². The smallest absolute Gasteiger partial charge is 0.325 e. The minimum absolute atomic E-state index is 0.0743. The van der Waals surface area contributed by atoms with Gasteiger partial charge in [0.25, 0.3) is 11.8 Å². The molecule has 3 heterocycles. The number of hydrogen-bond donors (Lipinski definition) is 1. The number of nitrogens with one attached hydrogen (secondary N) is 1. The summed E-state index contributed by atoms with van der Waals surface area (Å²) in [6, 6.07) is 13.9. The second-order valence-electron chi connectivity index (χ2n) is 7.21. The first-order valence-electron chi connectivity index (χ1n) is 9.98. The van der Waals surface area contributed by atoms with Crippen LogP contribution in [0.3, 0.4) is 0 Å². The molecule has 1 aromatic carbocycles. The summed E-state index contributed by atoms with van der Waals surface area (Å²) >= 11 is 0. The van der Waals surface area contributed by atoms with Gasteiger partial charge < -0.3 is 18.9 Å². The Balaban J connectivity index is 1.38. The Kier molecular flexibility index (Phi) is 6.16. The third kappa shape index (κ3) is 4.77. The monoisotopic (exact) mass is 435 g/mol. The molecule has 3 aromatic rings. The number of esters is 1. The molecule has 9 heteroatoms. The molecule has 0 saturated carbocycles. The lowest BCUT2D eigenvalue weighted by molar-refractivity contribution is -0.152. The van der Waals surface area contributed by atoms with Crippen LogP contribution in [-0.2, 0) is 14.3 Å². The number of aryl methyl sites for hydroxylation is 1. The minimum atomic E-state index is -0.755. The number of carbonyl (C=O) groups is 3. The van der Waals surface area contributed by atoms with Crippen LogP contribution in [0, 0.1) is 6.92 Å². The molecule has 0 fully saturated rings. The van der Waals surface area contributed by atoms with Crippen molar-refractivity contribution in [3.63, 3.8) is 0 Å². The largest absolute Gasteiger partial charge is 0.467 e. The van der Waals surface area contributed by atoms with E-state index in [2.05, 4.69) is 10.4 Å².